The van der Waals surface area contributed by atoms with Gasteiger partial charge in [-0.3, -0.25) is 0 Å². The van der Waals surface area contributed by atoms with Gasteiger partial charge in [0.2, 0.25) is 0 Å². The number of benzene rings is 2. The van der Waals surface area contributed by atoms with Crippen LogP contribution in [0, 0.1) is 6.92 Å². The van der Waals surface area contributed by atoms with Crippen molar-refractivity contribution in [2.75, 3.05) is 33.4 Å². The molecule has 0 radical (unpaired) electrons. The van der Waals surface area contributed by atoms with Crippen molar-refractivity contribution < 1.29 is 17.5 Å². The Morgan fingerprint density at radius 2 is 0.953 bits per heavy atom. The zero-order chi connectivity index (χ0) is 31.0. The Morgan fingerprint density at radius 3 is 1.33 bits per heavy atom. The lowest BCUT2D eigenvalue weighted by Gasteiger charge is -2.30. The normalized spacial score (nSPS) is 11.0. The lowest BCUT2D eigenvalue weighted by Crippen LogP contribution is -2.41. The molecule has 0 aliphatic carbocycles. The molecule has 0 saturated carbocycles. The number of nitrogens with zero attached hydrogens (tertiary/aromatic N) is 1. The number of hydrogen-bond donors (Lipinski definition) is 0. The van der Waals surface area contributed by atoms with Crippen LogP contribution in [0.2, 0.25) is 0 Å². The summed E-state index contributed by atoms with van der Waals surface area (Å²) >= 11 is 0. The molecule has 0 N–H and O–H groups in total. The largest absolute Gasteiger partial charge is 0.748 e. The molecule has 0 bridgehead atoms. The van der Waals surface area contributed by atoms with Gasteiger partial charge in [-0.2, -0.15) is 0 Å². The molecular formula is C38H73NO3S. The molecule has 0 saturated heterocycles. The fourth-order valence-corrected chi connectivity index (χ4v) is 5.28. The van der Waals surface area contributed by atoms with Crippen LogP contribution in [-0.2, 0) is 16.5 Å². The van der Waals surface area contributed by atoms with Crippen LogP contribution in [0.3, 0.4) is 0 Å². The standard InChI is InChI=1S/C22H48N.C13H14.CH4O3S.2CH4/c1-5-7-9-11-13-15-17-19-21-23(3,4)22-20-18-16-14-12-10-8-6-2;1-3-11-9-8-10(2)12-6-4-5-7-13(11)12;1-5(2,3)4;;/h5-22H2,1-4H3;4-9H,3H2,1-2H3;1H3,(H,2,3,4);2*1H4/q+1;;;;/p-1. The topological polar surface area (TPSA) is 57.2 Å². The van der Waals surface area contributed by atoms with Crippen LogP contribution in [0.25, 0.3) is 10.8 Å². The molecular weight excluding hydrogens is 550 g/mol. The highest BCUT2D eigenvalue weighted by Crippen LogP contribution is 2.22. The van der Waals surface area contributed by atoms with E-state index in [0.717, 1.165) is 6.42 Å². The van der Waals surface area contributed by atoms with E-state index in [2.05, 4.69) is 78.2 Å². The van der Waals surface area contributed by atoms with Gasteiger partial charge in [-0.25, -0.2) is 8.42 Å². The molecule has 4 nitrogen and oxygen atoms in total. The van der Waals surface area contributed by atoms with Crippen LogP contribution in [0.15, 0.2) is 36.4 Å². The first-order chi connectivity index (χ1) is 19.4. The highest BCUT2D eigenvalue weighted by molar-refractivity contribution is 7.84. The maximum atomic E-state index is 9.08. The third kappa shape index (κ3) is 27.8. The SMILES string of the molecule is C.C.CCCCCCCCCC[N+](C)(C)CCCCCCCCCC.CCc1ccc(C)c2ccccc12.CS(=O)(=O)[O-]. The number of unbranched alkanes of at least 4 members (excludes halogenated alkanes) is 14. The van der Waals surface area contributed by atoms with Crippen molar-refractivity contribution in [2.45, 2.75) is 152 Å². The summed E-state index contributed by atoms with van der Waals surface area (Å²) in [5.41, 5.74) is 2.81. The second-order valence-corrected chi connectivity index (χ2v) is 13.9. The summed E-state index contributed by atoms with van der Waals surface area (Å²) in [7, 11) is 0.949. The van der Waals surface area contributed by atoms with E-state index in [-0.39, 0.29) is 14.9 Å². The van der Waals surface area contributed by atoms with Gasteiger partial charge in [-0.05, 0) is 60.9 Å². The monoisotopic (exact) mass is 624 g/mol. The second-order valence-electron chi connectivity index (χ2n) is 12.5. The Labute approximate surface area is 270 Å². The Bertz CT molecular complexity index is 971. The third-order valence-corrected chi connectivity index (χ3v) is 7.85. The third-order valence-electron chi connectivity index (χ3n) is 7.85. The highest BCUT2D eigenvalue weighted by atomic mass is 32.2. The van der Waals surface area contributed by atoms with Crippen LogP contribution in [0.5, 0.6) is 0 Å². The summed E-state index contributed by atoms with van der Waals surface area (Å²) in [6, 6.07) is 13.1. The van der Waals surface area contributed by atoms with E-state index in [1.165, 1.54) is 142 Å². The molecule has 0 aliphatic heterocycles. The Kier molecular flexibility index (Phi) is 30.0. The predicted molar refractivity (Wildman–Crippen MR) is 194 cm³/mol. The molecule has 2 aromatic rings. The van der Waals surface area contributed by atoms with Gasteiger partial charge in [0, 0.05) is 6.26 Å². The molecule has 2 aromatic carbocycles. The van der Waals surface area contributed by atoms with Crippen LogP contribution >= 0.6 is 0 Å². The molecule has 0 heterocycles. The Hall–Kier alpha value is -1.43. The van der Waals surface area contributed by atoms with Crippen molar-refractivity contribution in [3.63, 3.8) is 0 Å². The van der Waals surface area contributed by atoms with Gasteiger partial charge in [0.1, 0.15) is 0 Å². The van der Waals surface area contributed by atoms with Gasteiger partial charge in [0.25, 0.3) is 0 Å². The van der Waals surface area contributed by atoms with E-state index in [9.17, 15) is 0 Å². The Balaban J connectivity index is -0.000000669. The van der Waals surface area contributed by atoms with Crippen molar-refractivity contribution in [3.05, 3.63) is 47.5 Å². The van der Waals surface area contributed by atoms with Crippen LogP contribution in [0.4, 0.5) is 0 Å². The fourth-order valence-electron chi connectivity index (χ4n) is 5.28. The summed E-state index contributed by atoms with van der Waals surface area (Å²) in [6.07, 6.45) is 24.8. The van der Waals surface area contributed by atoms with Crippen molar-refractivity contribution >= 4 is 20.9 Å². The number of hydrogen-bond acceptors (Lipinski definition) is 3. The summed E-state index contributed by atoms with van der Waals surface area (Å²) in [6.45, 7) is 11.7. The van der Waals surface area contributed by atoms with E-state index >= 15 is 0 Å². The minimum Gasteiger partial charge on any atom is -0.748 e. The van der Waals surface area contributed by atoms with Gasteiger partial charge >= 0.3 is 0 Å². The van der Waals surface area contributed by atoms with Gasteiger partial charge in [-0.15, -0.1) is 0 Å². The molecule has 0 spiro atoms. The van der Waals surface area contributed by atoms with Gasteiger partial charge in [0.05, 0.1) is 37.3 Å². The minimum atomic E-state index is -3.92. The summed E-state index contributed by atoms with van der Waals surface area (Å²) in [4.78, 5) is 0. The highest BCUT2D eigenvalue weighted by Gasteiger charge is 2.13. The van der Waals surface area contributed by atoms with E-state index in [4.69, 9.17) is 13.0 Å². The average molecular weight is 624 g/mol. The number of fused-ring (bicyclic) bond motifs is 1. The number of quaternary nitrogens is 1. The molecule has 0 amide bonds. The smallest absolute Gasteiger partial charge is 0.0916 e. The van der Waals surface area contributed by atoms with Gasteiger partial charge in [0.15, 0.2) is 0 Å². The molecule has 0 fully saturated rings. The average Bonchev–Trinajstić information content (AvgIpc) is 2.91. The molecule has 0 aliphatic rings. The number of rotatable bonds is 19. The van der Waals surface area contributed by atoms with Crippen molar-refractivity contribution in [1.29, 1.82) is 0 Å². The maximum Gasteiger partial charge on any atom is 0.0916 e. The van der Waals surface area contributed by atoms with Gasteiger partial charge < -0.3 is 9.04 Å². The molecule has 0 atom stereocenters. The van der Waals surface area contributed by atoms with Crippen LogP contribution < -0.4 is 0 Å². The minimum absolute atomic E-state index is 0. The van der Waals surface area contributed by atoms with Crippen molar-refractivity contribution in [2.24, 2.45) is 0 Å². The molecule has 5 heteroatoms. The molecule has 0 unspecified atom stereocenters. The molecule has 43 heavy (non-hydrogen) atoms. The lowest BCUT2D eigenvalue weighted by molar-refractivity contribution is -0.890. The first kappa shape index (κ1) is 46.0. The quantitative estimate of drug-likeness (QED) is 0.0888. The van der Waals surface area contributed by atoms with E-state index in [1.807, 2.05) is 0 Å². The predicted octanol–water partition coefficient (Wildman–Crippen LogP) is 11.5. The zero-order valence-corrected chi connectivity index (χ0v) is 28.8. The van der Waals surface area contributed by atoms with E-state index in [0.29, 0.717) is 6.26 Å². The maximum absolute atomic E-state index is 9.08. The van der Waals surface area contributed by atoms with E-state index < -0.39 is 10.1 Å². The second kappa shape index (κ2) is 28.1. The van der Waals surface area contributed by atoms with Gasteiger partial charge in [-0.1, -0.05) is 149 Å². The van der Waals surface area contributed by atoms with Crippen molar-refractivity contribution in [1.82, 2.24) is 0 Å². The van der Waals surface area contributed by atoms with E-state index in [1.54, 1.807) is 0 Å². The number of aryl methyl sites for hydroxylation is 2. The van der Waals surface area contributed by atoms with Crippen molar-refractivity contribution in [3.8, 4) is 0 Å². The first-order valence-corrected chi connectivity index (χ1v) is 18.5. The van der Waals surface area contributed by atoms with Crippen LogP contribution in [-0.4, -0.2) is 50.9 Å². The summed E-state index contributed by atoms with van der Waals surface area (Å²) < 4.78 is 28.5. The van der Waals surface area contributed by atoms with Crippen LogP contribution in [0.1, 0.15) is 149 Å². The zero-order valence-electron chi connectivity index (χ0n) is 28.0. The summed E-state index contributed by atoms with van der Waals surface area (Å²) in [5, 5.41) is 2.80. The molecule has 2 rings (SSSR count). The lowest BCUT2D eigenvalue weighted by atomic mass is 9.99. The molecule has 0 aromatic heterocycles. The summed E-state index contributed by atoms with van der Waals surface area (Å²) in [5.74, 6) is 0. The fraction of sp³-hybridized carbons (Fsp3) is 0.737. The molecule has 254 valence electrons. The first-order valence-electron chi connectivity index (χ1n) is 16.6. The Morgan fingerprint density at radius 1 is 0.605 bits per heavy atom.